The summed E-state index contributed by atoms with van der Waals surface area (Å²) in [5.74, 6) is 0.772. The second-order valence-electron chi connectivity index (χ2n) is 5.68. The molecule has 92 valence electrons. The molecule has 1 amide bonds. The zero-order valence-corrected chi connectivity index (χ0v) is 11.5. The summed E-state index contributed by atoms with van der Waals surface area (Å²) >= 11 is 5.25. The van der Waals surface area contributed by atoms with Gasteiger partial charge in [-0.1, -0.05) is 27.7 Å². The summed E-state index contributed by atoms with van der Waals surface area (Å²) in [5, 5.41) is 3.41. The molecule has 1 aliphatic heterocycles. The highest BCUT2D eigenvalue weighted by molar-refractivity contribution is 7.80. The number of rotatable bonds is 0. The summed E-state index contributed by atoms with van der Waals surface area (Å²) in [5.41, 5.74) is -0.382. The van der Waals surface area contributed by atoms with Crippen molar-refractivity contribution in [2.45, 2.75) is 40.5 Å². The number of nitrogens with one attached hydrogen (secondary N) is 1. The number of carbonyl (C=O) groups is 1. The minimum atomic E-state index is -0.382. The van der Waals surface area contributed by atoms with Crippen molar-refractivity contribution in [3.05, 3.63) is 0 Å². The van der Waals surface area contributed by atoms with Gasteiger partial charge < -0.3 is 10.2 Å². The van der Waals surface area contributed by atoms with E-state index in [4.69, 9.17) is 12.2 Å². The Morgan fingerprint density at radius 1 is 1.31 bits per heavy atom. The maximum absolute atomic E-state index is 11.8. The van der Waals surface area contributed by atoms with E-state index >= 15 is 0 Å². The zero-order chi connectivity index (χ0) is 12.3. The molecule has 0 aromatic carbocycles. The van der Waals surface area contributed by atoms with E-state index in [0.717, 1.165) is 31.8 Å². The van der Waals surface area contributed by atoms with E-state index in [0.29, 0.717) is 5.11 Å². The Morgan fingerprint density at radius 3 is 2.25 bits per heavy atom. The molecular weight excluding hydrogens is 220 g/mol. The van der Waals surface area contributed by atoms with Crippen LogP contribution in [0.1, 0.15) is 40.5 Å². The second-order valence-corrected chi connectivity index (χ2v) is 6.07. The Labute approximate surface area is 104 Å². The zero-order valence-electron chi connectivity index (χ0n) is 10.7. The van der Waals surface area contributed by atoms with E-state index in [9.17, 15) is 4.79 Å². The number of nitrogens with zero attached hydrogens (tertiary/aromatic N) is 1. The maximum Gasteiger partial charge on any atom is 0.231 e. The Hall–Kier alpha value is -0.640. The normalized spacial score (nSPS) is 18.4. The van der Waals surface area contributed by atoms with Crippen molar-refractivity contribution in [2.24, 2.45) is 11.3 Å². The fourth-order valence-electron chi connectivity index (χ4n) is 1.58. The molecule has 16 heavy (non-hydrogen) atoms. The molecule has 0 saturated carbocycles. The van der Waals surface area contributed by atoms with Crippen molar-refractivity contribution in [3.8, 4) is 0 Å². The van der Waals surface area contributed by atoms with Gasteiger partial charge >= 0.3 is 0 Å². The van der Waals surface area contributed by atoms with Gasteiger partial charge in [0.2, 0.25) is 5.91 Å². The number of piperidine rings is 1. The van der Waals surface area contributed by atoms with Gasteiger partial charge in [0, 0.05) is 18.5 Å². The fourth-order valence-corrected chi connectivity index (χ4v) is 1.85. The molecule has 1 heterocycles. The summed E-state index contributed by atoms with van der Waals surface area (Å²) in [6.07, 6.45) is 2.32. The highest BCUT2D eigenvalue weighted by atomic mass is 32.1. The molecule has 0 radical (unpaired) electrons. The highest BCUT2D eigenvalue weighted by Crippen LogP contribution is 2.17. The van der Waals surface area contributed by atoms with Gasteiger partial charge in [-0.25, -0.2) is 0 Å². The monoisotopic (exact) mass is 242 g/mol. The third-order valence-electron chi connectivity index (χ3n) is 2.97. The van der Waals surface area contributed by atoms with Crippen LogP contribution in [-0.2, 0) is 4.79 Å². The van der Waals surface area contributed by atoms with Crippen LogP contribution in [0, 0.1) is 11.3 Å². The average molecular weight is 242 g/mol. The van der Waals surface area contributed by atoms with Crippen LogP contribution in [0.15, 0.2) is 0 Å². The molecule has 3 nitrogen and oxygen atoms in total. The van der Waals surface area contributed by atoms with Crippen LogP contribution in [0.2, 0.25) is 0 Å². The minimum absolute atomic E-state index is 0.00359. The molecular formula is C12H22N2OS. The summed E-state index contributed by atoms with van der Waals surface area (Å²) in [6.45, 7) is 9.86. The average Bonchev–Trinajstić information content (AvgIpc) is 2.17. The summed E-state index contributed by atoms with van der Waals surface area (Å²) < 4.78 is 0. The lowest BCUT2D eigenvalue weighted by Crippen LogP contribution is -2.48. The van der Waals surface area contributed by atoms with E-state index in [1.54, 1.807) is 0 Å². The number of hydrogen-bond donors (Lipinski definition) is 1. The third-order valence-corrected chi connectivity index (χ3v) is 3.33. The fraction of sp³-hybridized carbons (Fsp3) is 0.833. The number of carbonyl (C=O) groups excluding carboxylic acids is 1. The van der Waals surface area contributed by atoms with E-state index in [1.807, 2.05) is 20.8 Å². The lowest BCUT2D eigenvalue weighted by molar-refractivity contribution is -0.127. The number of thiocarbonyl (C=S) groups is 1. The summed E-state index contributed by atoms with van der Waals surface area (Å²) in [7, 11) is 0. The lowest BCUT2D eigenvalue weighted by Gasteiger charge is -2.33. The SMILES string of the molecule is CC1CCN(C(=S)NC(=O)C(C)(C)C)CC1. The second kappa shape index (κ2) is 5.13. The first-order chi connectivity index (χ1) is 7.30. The van der Waals surface area contributed by atoms with Gasteiger partial charge in [0.05, 0.1) is 0 Å². The molecule has 1 rings (SSSR count). The highest BCUT2D eigenvalue weighted by Gasteiger charge is 2.25. The molecule has 0 bridgehead atoms. The van der Waals surface area contributed by atoms with Crippen LogP contribution in [-0.4, -0.2) is 29.0 Å². The first-order valence-corrected chi connectivity index (χ1v) is 6.32. The molecule has 0 aromatic rings. The molecule has 0 spiro atoms. The van der Waals surface area contributed by atoms with Gasteiger partial charge in [0.15, 0.2) is 5.11 Å². The minimum Gasteiger partial charge on any atom is -0.349 e. The number of hydrogen-bond acceptors (Lipinski definition) is 2. The van der Waals surface area contributed by atoms with Gasteiger partial charge in [-0.05, 0) is 31.0 Å². The lowest BCUT2D eigenvalue weighted by atomic mass is 9.96. The molecule has 0 atom stereocenters. The topological polar surface area (TPSA) is 32.3 Å². The molecule has 0 unspecified atom stereocenters. The van der Waals surface area contributed by atoms with Crippen molar-refractivity contribution >= 4 is 23.2 Å². The van der Waals surface area contributed by atoms with Crippen LogP contribution in [0.5, 0.6) is 0 Å². The van der Waals surface area contributed by atoms with E-state index in [2.05, 4.69) is 17.1 Å². The van der Waals surface area contributed by atoms with Crippen molar-refractivity contribution in [1.82, 2.24) is 10.2 Å². The van der Waals surface area contributed by atoms with Crippen molar-refractivity contribution in [3.63, 3.8) is 0 Å². The largest absolute Gasteiger partial charge is 0.349 e. The predicted octanol–water partition coefficient (Wildman–Crippen LogP) is 2.17. The predicted molar refractivity (Wildman–Crippen MR) is 70.2 cm³/mol. The first kappa shape index (κ1) is 13.4. The molecule has 1 fully saturated rings. The molecule has 0 aromatic heterocycles. The van der Waals surface area contributed by atoms with E-state index in [-0.39, 0.29) is 11.3 Å². The van der Waals surface area contributed by atoms with Crippen LogP contribution < -0.4 is 5.32 Å². The van der Waals surface area contributed by atoms with Gasteiger partial charge in [-0.3, -0.25) is 4.79 Å². The molecule has 1 aliphatic rings. The van der Waals surface area contributed by atoms with Crippen LogP contribution in [0.4, 0.5) is 0 Å². The van der Waals surface area contributed by atoms with Gasteiger partial charge in [0.25, 0.3) is 0 Å². The summed E-state index contributed by atoms with van der Waals surface area (Å²) in [6, 6.07) is 0. The van der Waals surface area contributed by atoms with Crippen LogP contribution >= 0.6 is 12.2 Å². The maximum atomic E-state index is 11.8. The smallest absolute Gasteiger partial charge is 0.231 e. The van der Waals surface area contributed by atoms with Crippen LogP contribution in [0.25, 0.3) is 0 Å². The van der Waals surface area contributed by atoms with Gasteiger partial charge in [-0.15, -0.1) is 0 Å². The van der Waals surface area contributed by atoms with Gasteiger partial charge in [0.1, 0.15) is 0 Å². The number of likely N-dealkylation sites (tertiary alicyclic amines) is 1. The molecule has 0 aliphatic carbocycles. The Kier molecular flexibility index (Phi) is 4.30. The van der Waals surface area contributed by atoms with E-state index in [1.165, 1.54) is 0 Å². The molecule has 1 saturated heterocycles. The van der Waals surface area contributed by atoms with Crippen molar-refractivity contribution < 1.29 is 4.79 Å². The van der Waals surface area contributed by atoms with E-state index < -0.39 is 0 Å². The third kappa shape index (κ3) is 3.74. The first-order valence-electron chi connectivity index (χ1n) is 5.91. The standard InChI is InChI=1S/C12H22N2OS/c1-9-5-7-14(8-6-9)11(16)13-10(15)12(2,3)4/h9H,5-8H2,1-4H3,(H,13,15,16). The van der Waals surface area contributed by atoms with Crippen molar-refractivity contribution in [2.75, 3.05) is 13.1 Å². The van der Waals surface area contributed by atoms with Crippen LogP contribution in [0.3, 0.4) is 0 Å². The Morgan fingerprint density at radius 2 is 1.81 bits per heavy atom. The number of amides is 1. The molecule has 4 heteroatoms. The quantitative estimate of drug-likeness (QED) is 0.661. The summed E-state index contributed by atoms with van der Waals surface area (Å²) in [4.78, 5) is 13.9. The van der Waals surface area contributed by atoms with Gasteiger partial charge in [-0.2, -0.15) is 0 Å². The Bertz CT molecular complexity index is 275. The molecule has 1 N–H and O–H groups in total. The Balaban J connectivity index is 2.44. The van der Waals surface area contributed by atoms with Crippen molar-refractivity contribution in [1.29, 1.82) is 0 Å².